The first-order valence-corrected chi connectivity index (χ1v) is 7.78. The molecule has 0 spiro atoms. The highest BCUT2D eigenvalue weighted by molar-refractivity contribution is 6.32. The minimum absolute atomic E-state index is 0.0208. The van der Waals surface area contributed by atoms with Crippen LogP contribution in [0.15, 0.2) is 18.2 Å². The molecule has 2 saturated carbocycles. The molecular formula is C16H20ClNO2. The van der Waals surface area contributed by atoms with Crippen molar-refractivity contribution in [1.82, 2.24) is 5.32 Å². The topological polar surface area (TPSA) is 38.3 Å². The monoisotopic (exact) mass is 293 g/mol. The molecule has 1 amide bonds. The third kappa shape index (κ3) is 2.64. The molecule has 0 heterocycles. The second kappa shape index (κ2) is 5.65. The second-order valence-electron chi connectivity index (χ2n) is 5.83. The van der Waals surface area contributed by atoms with Crippen molar-refractivity contribution in [3.63, 3.8) is 0 Å². The fraction of sp³-hybridized carbons (Fsp3) is 0.562. The Hall–Kier alpha value is -1.22. The Kier molecular flexibility index (Phi) is 3.88. The van der Waals surface area contributed by atoms with Gasteiger partial charge in [0.2, 0.25) is 0 Å². The molecule has 108 valence electrons. The molecule has 3 nitrogen and oxygen atoms in total. The smallest absolute Gasteiger partial charge is 0.251 e. The maximum atomic E-state index is 12.3. The fourth-order valence-electron chi connectivity index (χ4n) is 3.59. The van der Waals surface area contributed by atoms with E-state index < -0.39 is 0 Å². The Balaban J connectivity index is 1.66. The maximum Gasteiger partial charge on any atom is 0.251 e. The van der Waals surface area contributed by atoms with Crippen LogP contribution in [0.2, 0.25) is 5.02 Å². The molecule has 0 aromatic heterocycles. The third-order valence-electron chi connectivity index (χ3n) is 4.55. The lowest BCUT2D eigenvalue weighted by atomic mass is 9.95. The van der Waals surface area contributed by atoms with Crippen molar-refractivity contribution in [2.24, 2.45) is 11.8 Å². The van der Waals surface area contributed by atoms with Crippen LogP contribution in [0, 0.1) is 11.8 Å². The van der Waals surface area contributed by atoms with Crippen LogP contribution in [-0.4, -0.2) is 18.6 Å². The first kappa shape index (κ1) is 13.7. The summed E-state index contributed by atoms with van der Waals surface area (Å²) < 4.78 is 5.38. The van der Waals surface area contributed by atoms with E-state index in [9.17, 15) is 4.79 Å². The van der Waals surface area contributed by atoms with Gasteiger partial charge in [-0.2, -0.15) is 0 Å². The Bertz CT molecular complexity index is 517. The number of fused-ring (bicyclic) bond motifs is 2. The molecule has 3 atom stereocenters. The van der Waals surface area contributed by atoms with E-state index in [-0.39, 0.29) is 5.91 Å². The number of hydrogen-bond acceptors (Lipinski definition) is 2. The number of carbonyl (C=O) groups excluding carboxylic acids is 1. The van der Waals surface area contributed by atoms with Gasteiger partial charge in [-0.25, -0.2) is 0 Å². The number of rotatable bonds is 4. The van der Waals surface area contributed by atoms with Gasteiger partial charge in [0.1, 0.15) is 5.75 Å². The first-order chi connectivity index (χ1) is 9.67. The largest absolute Gasteiger partial charge is 0.492 e. The van der Waals surface area contributed by atoms with Crippen LogP contribution in [-0.2, 0) is 0 Å². The Morgan fingerprint density at radius 1 is 1.40 bits per heavy atom. The van der Waals surface area contributed by atoms with Crippen LogP contribution in [0.5, 0.6) is 5.75 Å². The molecule has 2 aliphatic rings. The van der Waals surface area contributed by atoms with Crippen molar-refractivity contribution >= 4 is 17.5 Å². The summed E-state index contributed by atoms with van der Waals surface area (Å²) in [6, 6.07) is 5.59. The minimum Gasteiger partial charge on any atom is -0.492 e. The van der Waals surface area contributed by atoms with Crippen molar-refractivity contribution in [3.8, 4) is 5.75 Å². The summed E-state index contributed by atoms with van der Waals surface area (Å²) in [6.07, 6.45) is 5.03. The predicted octanol–water partition coefficient (Wildman–Crippen LogP) is 3.66. The highest BCUT2D eigenvalue weighted by Gasteiger charge is 2.40. The van der Waals surface area contributed by atoms with E-state index in [1.54, 1.807) is 18.2 Å². The molecule has 0 saturated heterocycles. The van der Waals surface area contributed by atoms with Crippen molar-refractivity contribution in [2.45, 2.75) is 38.6 Å². The summed E-state index contributed by atoms with van der Waals surface area (Å²) in [5.41, 5.74) is 0.612. The third-order valence-corrected chi connectivity index (χ3v) is 4.84. The van der Waals surface area contributed by atoms with Crippen LogP contribution in [0.3, 0.4) is 0 Å². The van der Waals surface area contributed by atoms with Crippen LogP contribution < -0.4 is 10.1 Å². The SMILES string of the molecule is CCOc1ccc(C(=O)N[C@H]2C[C@H]3CC[C@@H]2C3)cc1Cl. The van der Waals surface area contributed by atoms with E-state index in [1.807, 2.05) is 6.92 Å². The van der Waals surface area contributed by atoms with Crippen LogP contribution in [0.1, 0.15) is 43.0 Å². The molecule has 3 rings (SSSR count). The lowest BCUT2D eigenvalue weighted by molar-refractivity contribution is 0.0923. The standard InChI is InChI=1S/C16H20ClNO2/c1-2-20-15-6-5-12(9-13(15)17)16(19)18-14-8-10-3-4-11(14)7-10/h5-6,9-11,14H,2-4,7-8H2,1H3,(H,18,19)/t10-,11+,14-/m0/s1. The maximum absolute atomic E-state index is 12.3. The van der Waals surface area contributed by atoms with E-state index >= 15 is 0 Å². The summed E-state index contributed by atoms with van der Waals surface area (Å²) in [5, 5.41) is 3.66. The first-order valence-electron chi connectivity index (χ1n) is 7.40. The van der Waals surface area contributed by atoms with Gasteiger partial charge in [-0.3, -0.25) is 4.79 Å². The lowest BCUT2D eigenvalue weighted by Gasteiger charge is -2.23. The lowest BCUT2D eigenvalue weighted by Crippen LogP contribution is -2.38. The van der Waals surface area contributed by atoms with E-state index in [0.717, 1.165) is 12.3 Å². The number of nitrogens with one attached hydrogen (secondary N) is 1. The molecule has 1 aromatic rings. The van der Waals surface area contributed by atoms with Crippen molar-refractivity contribution < 1.29 is 9.53 Å². The van der Waals surface area contributed by atoms with Gasteiger partial charge in [0.05, 0.1) is 11.6 Å². The molecule has 4 heteroatoms. The van der Waals surface area contributed by atoms with Crippen molar-refractivity contribution in [2.75, 3.05) is 6.61 Å². The zero-order chi connectivity index (χ0) is 14.1. The highest BCUT2D eigenvalue weighted by Crippen LogP contribution is 2.44. The molecule has 20 heavy (non-hydrogen) atoms. The zero-order valence-electron chi connectivity index (χ0n) is 11.7. The normalized spacial score (nSPS) is 27.6. The molecule has 2 aliphatic carbocycles. The van der Waals surface area contributed by atoms with Crippen molar-refractivity contribution in [3.05, 3.63) is 28.8 Å². The van der Waals surface area contributed by atoms with E-state index in [2.05, 4.69) is 5.32 Å². The second-order valence-corrected chi connectivity index (χ2v) is 6.24. The van der Waals surface area contributed by atoms with E-state index in [0.29, 0.717) is 34.9 Å². The average Bonchev–Trinajstić information content (AvgIpc) is 3.03. The number of carbonyl (C=O) groups is 1. The van der Waals surface area contributed by atoms with E-state index in [4.69, 9.17) is 16.3 Å². The van der Waals surface area contributed by atoms with Gasteiger partial charge in [0.25, 0.3) is 5.91 Å². The van der Waals surface area contributed by atoms with Gasteiger partial charge in [-0.05, 0) is 56.2 Å². The number of amides is 1. The van der Waals surface area contributed by atoms with Gasteiger partial charge in [-0.15, -0.1) is 0 Å². The summed E-state index contributed by atoms with van der Waals surface area (Å²) in [7, 11) is 0. The summed E-state index contributed by atoms with van der Waals surface area (Å²) in [5.74, 6) is 2.12. The molecule has 2 fully saturated rings. The molecule has 0 aliphatic heterocycles. The Labute approximate surface area is 124 Å². The number of benzene rings is 1. The summed E-state index contributed by atoms with van der Waals surface area (Å²) >= 11 is 6.13. The quantitative estimate of drug-likeness (QED) is 0.920. The summed E-state index contributed by atoms with van der Waals surface area (Å²) in [4.78, 5) is 12.3. The van der Waals surface area contributed by atoms with Gasteiger partial charge >= 0.3 is 0 Å². The van der Waals surface area contributed by atoms with Crippen LogP contribution in [0.4, 0.5) is 0 Å². The molecule has 0 unspecified atom stereocenters. The van der Waals surface area contributed by atoms with Gasteiger partial charge in [0, 0.05) is 11.6 Å². The van der Waals surface area contributed by atoms with Crippen LogP contribution >= 0.6 is 11.6 Å². The Morgan fingerprint density at radius 2 is 2.25 bits per heavy atom. The highest BCUT2D eigenvalue weighted by atomic mass is 35.5. The van der Waals surface area contributed by atoms with Gasteiger partial charge < -0.3 is 10.1 Å². The Morgan fingerprint density at radius 3 is 2.85 bits per heavy atom. The van der Waals surface area contributed by atoms with Gasteiger partial charge in [0.15, 0.2) is 0 Å². The zero-order valence-corrected chi connectivity index (χ0v) is 12.5. The molecular weight excluding hydrogens is 274 g/mol. The predicted molar refractivity (Wildman–Crippen MR) is 79.3 cm³/mol. The van der Waals surface area contributed by atoms with Crippen molar-refractivity contribution in [1.29, 1.82) is 0 Å². The average molecular weight is 294 g/mol. The van der Waals surface area contributed by atoms with Crippen LogP contribution in [0.25, 0.3) is 0 Å². The number of ether oxygens (including phenoxy) is 1. The molecule has 0 radical (unpaired) electrons. The number of hydrogen-bond donors (Lipinski definition) is 1. The number of halogens is 1. The van der Waals surface area contributed by atoms with Gasteiger partial charge in [-0.1, -0.05) is 18.0 Å². The fourth-order valence-corrected chi connectivity index (χ4v) is 3.82. The molecule has 1 N–H and O–H groups in total. The summed E-state index contributed by atoms with van der Waals surface area (Å²) in [6.45, 7) is 2.47. The molecule has 2 bridgehead atoms. The van der Waals surface area contributed by atoms with E-state index in [1.165, 1.54) is 19.3 Å². The molecule has 1 aromatic carbocycles. The minimum atomic E-state index is -0.0208.